The summed E-state index contributed by atoms with van der Waals surface area (Å²) < 4.78 is 0. The average molecular weight is 1600 g/mol. The third-order valence-electron chi connectivity index (χ3n) is 27.3. The molecule has 590 valence electrons. The molecule has 0 saturated heterocycles. The van der Waals surface area contributed by atoms with Crippen molar-refractivity contribution < 1.29 is 0 Å². The van der Waals surface area contributed by atoms with Crippen molar-refractivity contribution in [3.8, 4) is 100 Å². The molecule has 2 heteroatoms. The van der Waals surface area contributed by atoms with E-state index in [2.05, 4.69) is 497 Å². The highest BCUT2D eigenvalue weighted by Crippen LogP contribution is 2.59. The van der Waals surface area contributed by atoms with Crippen LogP contribution in [0.25, 0.3) is 165 Å². The highest BCUT2D eigenvalue weighted by molar-refractivity contribution is 6.11. The normalized spacial score (nSPS) is 12.8. The van der Waals surface area contributed by atoms with Crippen LogP contribution in [-0.4, -0.2) is 0 Å². The minimum atomic E-state index is -0.682. The van der Waals surface area contributed by atoms with Crippen LogP contribution in [0.2, 0.25) is 0 Å². The molecule has 2 aliphatic carbocycles. The van der Waals surface area contributed by atoms with Crippen LogP contribution in [0.4, 0.5) is 34.1 Å². The first-order valence-corrected chi connectivity index (χ1v) is 43.9. The van der Waals surface area contributed by atoms with Crippen LogP contribution in [0.3, 0.4) is 0 Å². The molecule has 0 heterocycles. The summed E-state index contributed by atoms with van der Waals surface area (Å²) in [6.45, 7) is 4.76. The summed E-state index contributed by atoms with van der Waals surface area (Å²) >= 11 is 0. The van der Waals surface area contributed by atoms with E-state index < -0.39 is 5.41 Å². The van der Waals surface area contributed by atoms with Gasteiger partial charge in [-0.2, -0.15) is 0 Å². The van der Waals surface area contributed by atoms with Crippen LogP contribution in [0.15, 0.2) is 473 Å². The van der Waals surface area contributed by atoms with Crippen molar-refractivity contribution in [3.63, 3.8) is 0 Å². The van der Waals surface area contributed by atoms with Crippen molar-refractivity contribution >= 4 is 98.8 Å². The molecule has 0 radical (unpaired) electrons. The zero-order valence-electron chi connectivity index (χ0n) is 69.9. The lowest BCUT2D eigenvalue weighted by Gasteiger charge is -2.34. The van der Waals surface area contributed by atoms with E-state index >= 15 is 0 Å². The van der Waals surface area contributed by atoms with Crippen molar-refractivity contribution in [2.24, 2.45) is 0 Å². The number of fused-ring (bicyclic) bond motifs is 14. The molecular formula is C124H84N2. The van der Waals surface area contributed by atoms with Crippen molar-refractivity contribution in [2.45, 2.75) is 24.7 Å². The van der Waals surface area contributed by atoms with Gasteiger partial charge in [0.05, 0.1) is 5.41 Å². The molecule has 0 aliphatic heterocycles. The SMILES string of the molecule is CC1(C)c2ccccc2-c2cccc(-c3ccc(N(c4ccc(-c5ccc6c(ccc7ccccc76)c5)cc4)c4cccc(-c5ccc(-c6ccc7c(c6)C(c6ccccc6)(c6ccccc6)c6cc(-c8ccc(N(c9ccc(-c%10ccc%11c(ccc%12ccccc%12%11)c%10)cc9)c9cccc(-c%10cccc%11ccccc%10%11)c9)cc8)ccc6-7)c6ccccc56)c4)cc3)c21. The van der Waals surface area contributed by atoms with E-state index in [9.17, 15) is 0 Å². The number of rotatable bonds is 15. The van der Waals surface area contributed by atoms with Crippen molar-refractivity contribution in [1.82, 2.24) is 0 Å². The van der Waals surface area contributed by atoms with Crippen LogP contribution in [0.1, 0.15) is 47.2 Å². The van der Waals surface area contributed by atoms with Crippen molar-refractivity contribution in [2.75, 3.05) is 9.80 Å². The lowest BCUT2D eigenvalue weighted by Crippen LogP contribution is -2.28. The predicted molar refractivity (Wildman–Crippen MR) is 534 cm³/mol. The molecule has 0 bridgehead atoms. The Kier molecular flexibility index (Phi) is 17.6. The van der Waals surface area contributed by atoms with E-state index in [0.717, 1.165) is 56.4 Å². The van der Waals surface area contributed by atoms with Crippen LogP contribution >= 0.6 is 0 Å². The van der Waals surface area contributed by atoms with E-state index in [1.807, 2.05) is 0 Å². The average Bonchev–Trinajstić information content (AvgIpc) is 1.52. The van der Waals surface area contributed by atoms with Gasteiger partial charge in [-0.25, -0.2) is 0 Å². The third-order valence-corrected chi connectivity index (χ3v) is 27.3. The van der Waals surface area contributed by atoms with E-state index in [1.54, 1.807) is 0 Å². The third kappa shape index (κ3) is 12.2. The molecule has 22 aromatic rings. The van der Waals surface area contributed by atoms with E-state index in [0.29, 0.717) is 0 Å². The largest absolute Gasteiger partial charge is 0.310 e. The molecule has 0 aromatic heterocycles. The summed E-state index contributed by atoms with van der Waals surface area (Å²) in [5.74, 6) is 0. The Hall–Kier alpha value is -16.0. The Balaban J connectivity index is 0.588. The maximum Gasteiger partial charge on any atom is 0.0713 e. The lowest BCUT2D eigenvalue weighted by atomic mass is 9.67. The standard InChI is InChI=1S/C124H84N2/c1-123(2)119-44-18-17-40-115(119)118-43-22-42-112(122(118)123)87-55-67-101(68-56-87)126(99-63-51-82(52-64-99)89-58-70-109-94(76-89)48-46-86-25-11-14-37-106(86)109)103-34-20-28-92(78-103)110-73-74-111(114-39-16-15-38-113(110)114)95-60-72-117-116-71-59-90(79-120(116)124(121(117)80-95,96-29-5-3-6-30-96)97-31-7-4-8-32-97)83-53-65-100(66-54-83)125(102-33-19-27-91(77-102)107-41-21-26-84-23-9-12-35-104(84)107)98-61-49-81(50-62-98)88-57-69-108-93(75-88)47-45-85-24-10-13-36-105(85)108/h3-80H,1-2H3. The van der Waals surface area contributed by atoms with Gasteiger partial charge in [0.15, 0.2) is 0 Å². The molecule has 0 N–H and O–H groups in total. The minimum Gasteiger partial charge on any atom is -0.310 e. The topological polar surface area (TPSA) is 6.48 Å². The molecule has 0 fully saturated rings. The fourth-order valence-corrected chi connectivity index (χ4v) is 21.3. The number of hydrogen-bond donors (Lipinski definition) is 0. The summed E-state index contributed by atoms with van der Waals surface area (Å²) in [5.41, 5.74) is 34.9. The summed E-state index contributed by atoms with van der Waals surface area (Å²) in [6.07, 6.45) is 0. The first-order chi connectivity index (χ1) is 62.2. The summed E-state index contributed by atoms with van der Waals surface area (Å²) in [7, 11) is 0. The molecule has 22 aromatic carbocycles. The monoisotopic (exact) mass is 1600 g/mol. The fourth-order valence-electron chi connectivity index (χ4n) is 21.3. The van der Waals surface area contributed by atoms with Gasteiger partial charge in [-0.15, -0.1) is 0 Å². The molecule has 0 amide bonds. The smallest absolute Gasteiger partial charge is 0.0713 e. The molecule has 0 atom stereocenters. The second-order valence-corrected chi connectivity index (χ2v) is 34.5. The molecule has 2 aliphatic rings. The summed E-state index contributed by atoms with van der Waals surface area (Å²) in [4.78, 5) is 4.84. The molecule has 0 saturated carbocycles. The number of anilines is 6. The lowest BCUT2D eigenvalue weighted by molar-refractivity contribution is 0.662. The van der Waals surface area contributed by atoms with Crippen LogP contribution in [-0.2, 0) is 10.8 Å². The minimum absolute atomic E-state index is 0.153. The van der Waals surface area contributed by atoms with Crippen LogP contribution in [0, 0.1) is 0 Å². The van der Waals surface area contributed by atoms with Gasteiger partial charge in [0.1, 0.15) is 0 Å². The number of nitrogens with zero attached hydrogens (tertiary/aromatic N) is 2. The highest BCUT2D eigenvalue weighted by atomic mass is 15.1. The van der Waals surface area contributed by atoms with Gasteiger partial charge in [-0.3, -0.25) is 0 Å². The van der Waals surface area contributed by atoms with E-state index in [4.69, 9.17) is 0 Å². The van der Waals surface area contributed by atoms with Gasteiger partial charge in [0, 0.05) is 39.5 Å². The summed E-state index contributed by atoms with van der Waals surface area (Å²) in [6, 6.07) is 177. The zero-order chi connectivity index (χ0) is 83.6. The van der Waals surface area contributed by atoms with Gasteiger partial charge in [0.25, 0.3) is 0 Å². The Bertz CT molecular complexity index is 8040. The molecular weight excluding hydrogens is 1520 g/mol. The van der Waals surface area contributed by atoms with Gasteiger partial charge in [-0.05, 0) is 295 Å². The maximum atomic E-state index is 2.52. The predicted octanol–water partition coefficient (Wildman–Crippen LogP) is 33.9. The first-order valence-electron chi connectivity index (χ1n) is 43.9. The van der Waals surface area contributed by atoms with Gasteiger partial charge < -0.3 is 9.80 Å². The zero-order valence-corrected chi connectivity index (χ0v) is 69.9. The number of hydrogen-bond acceptors (Lipinski definition) is 2. The van der Waals surface area contributed by atoms with Gasteiger partial charge in [0.2, 0.25) is 0 Å². The van der Waals surface area contributed by atoms with Gasteiger partial charge in [-0.1, -0.05) is 390 Å². The second-order valence-electron chi connectivity index (χ2n) is 34.5. The van der Waals surface area contributed by atoms with E-state index in [1.165, 1.54) is 176 Å². The van der Waals surface area contributed by atoms with Crippen molar-refractivity contribution in [3.05, 3.63) is 507 Å². The number of benzene rings is 22. The highest BCUT2D eigenvalue weighted by Gasteiger charge is 2.47. The van der Waals surface area contributed by atoms with E-state index in [-0.39, 0.29) is 5.41 Å². The van der Waals surface area contributed by atoms with Crippen LogP contribution in [0.5, 0.6) is 0 Å². The fraction of sp³-hybridized carbons (Fsp3) is 0.0323. The molecule has 24 rings (SSSR count). The van der Waals surface area contributed by atoms with Crippen molar-refractivity contribution in [1.29, 1.82) is 0 Å². The molecule has 0 unspecified atom stereocenters. The molecule has 126 heavy (non-hydrogen) atoms. The van der Waals surface area contributed by atoms with Crippen LogP contribution < -0.4 is 9.80 Å². The summed E-state index contributed by atoms with van der Waals surface area (Å²) in [5, 5.41) is 14.9. The molecule has 0 spiro atoms. The Morgan fingerprint density at radius 2 is 0.476 bits per heavy atom. The van der Waals surface area contributed by atoms with Gasteiger partial charge >= 0.3 is 0 Å². The Labute approximate surface area is 734 Å². The second kappa shape index (κ2) is 30.0. The first kappa shape index (κ1) is 73.9. The molecule has 2 nitrogen and oxygen atoms in total. The Morgan fingerprint density at radius 1 is 0.159 bits per heavy atom. The Morgan fingerprint density at radius 3 is 0.992 bits per heavy atom. The maximum absolute atomic E-state index is 2.52. The quantitative estimate of drug-likeness (QED) is 0.0944.